The molecule has 0 bridgehead atoms. The van der Waals surface area contributed by atoms with Crippen molar-refractivity contribution in [2.75, 3.05) is 5.32 Å². The normalized spacial score (nSPS) is 10.6. The maximum Gasteiger partial charge on any atom is 0.261 e. The smallest absolute Gasteiger partial charge is 0.261 e. The van der Waals surface area contributed by atoms with Crippen LogP contribution in [0.3, 0.4) is 0 Å². The molecule has 1 amide bonds. The topological polar surface area (TPSA) is 79.8 Å². The molecule has 0 aliphatic carbocycles. The Labute approximate surface area is 161 Å². The van der Waals surface area contributed by atoms with Crippen molar-refractivity contribution in [2.24, 2.45) is 0 Å². The summed E-state index contributed by atoms with van der Waals surface area (Å²) in [5.41, 5.74) is 3.85. The van der Waals surface area contributed by atoms with E-state index in [1.165, 1.54) is 0 Å². The van der Waals surface area contributed by atoms with Gasteiger partial charge in [-0.2, -0.15) is 0 Å². The van der Waals surface area contributed by atoms with Crippen LogP contribution in [-0.4, -0.2) is 20.4 Å². The molecule has 0 radical (unpaired) electrons. The van der Waals surface area contributed by atoms with Gasteiger partial charge in [0.2, 0.25) is 0 Å². The van der Waals surface area contributed by atoms with Crippen LogP contribution in [0, 0.1) is 6.92 Å². The number of nitrogens with one attached hydrogen (secondary N) is 2. The second-order valence-corrected chi connectivity index (χ2v) is 6.46. The molecule has 2 aromatic carbocycles. The van der Waals surface area contributed by atoms with Gasteiger partial charge in [0, 0.05) is 29.5 Å². The van der Waals surface area contributed by atoms with E-state index < -0.39 is 11.5 Å². The molecule has 0 saturated heterocycles. The molecule has 6 nitrogen and oxygen atoms in total. The van der Waals surface area contributed by atoms with Crippen molar-refractivity contribution in [3.63, 3.8) is 0 Å². The number of aromatic amines is 1. The second-order valence-electron chi connectivity index (χ2n) is 6.46. The van der Waals surface area contributed by atoms with Gasteiger partial charge in [-0.1, -0.05) is 23.8 Å². The molecule has 138 valence electrons. The zero-order chi connectivity index (χ0) is 19.5. The summed E-state index contributed by atoms with van der Waals surface area (Å²) in [6.07, 6.45) is 5.23. The number of hydrogen-bond acceptors (Lipinski definition) is 3. The Morgan fingerprint density at radius 2 is 1.89 bits per heavy atom. The molecule has 0 fully saturated rings. The van der Waals surface area contributed by atoms with Crippen LogP contribution in [0.4, 0.5) is 5.69 Å². The SMILES string of the molecule is Cc1cccc(-c2ccc(C(=O)Nc3ccc(-n4ccnc4)cc3)c(=O)[nH]2)c1. The monoisotopic (exact) mass is 370 g/mol. The van der Waals surface area contributed by atoms with Crippen LogP contribution in [0.15, 0.2) is 84.2 Å². The number of amides is 1. The fraction of sp³-hybridized carbons (Fsp3) is 0.0455. The third kappa shape index (κ3) is 3.61. The van der Waals surface area contributed by atoms with Gasteiger partial charge >= 0.3 is 0 Å². The number of hydrogen-bond donors (Lipinski definition) is 2. The predicted molar refractivity (Wildman–Crippen MR) is 109 cm³/mol. The molecular formula is C22H18N4O2. The number of anilines is 1. The van der Waals surface area contributed by atoms with E-state index in [9.17, 15) is 9.59 Å². The van der Waals surface area contributed by atoms with E-state index in [0.29, 0.717) is 11.4 Å². The lowest BCUT2D eigenvalue weighted by molar-refractivity contribution is 0.102. The fourth-order valence-corrected chi connectivity index (χ4v) is 2.96. The molecule has 4 rings (SSSR count). The van der Waals surface area contributed by atoms with Gasteiger partial charge in [-0.25, -0.2) is 4.98 Å². The summed E-state index contributed by atoms with van der Waals surface area (Å²) < 4.78 is 1.86. The lowest BCUT2D eigenvalue weighted by Crippen LogP contribution is -2.23. The lowest BCUT2D eigenvalue weighted by atomic mass is 10.1. The maximum atomic E-state index is 12.5. The van der Waals surface area contributed by atoms with E-state index in [1.54, 1.807) is 36.8 Å². The molecule has 0 aliphatic rings. The van der Waals surface area contributed by atoms with Gasteiger partial charge in [0.1, 0.15) is 5.56 Å². The maximum absolute atomic E-state index is 12.5. The van der Waals surface area contributed by atoms with Gasteiger partial charge in [-0.15, -0.1) is 0 Å². The fourth-order valence-electron chi connectivity index (χ4n) is 2.96. The highest BCUT2D eigenvalue weighted by Crippen LogP contribution is 2.18. The van der Waals surface area contributed by atoms with Crippen molar-refractivity contribution < 1.29 is 4.79 Å². The van der Waals surface area contributed by atoms with E-state index in [4.69, 9.17) is 0 Å². The standard InChI is InChI=1S/C22H18N4O2/c1-15-3-2-4-16(13-15)20-10-9-19(22(28)25-20)21(27)24-17-5-7-18(8-6-17)26-12-11-23-14-26/h2-14H,1H3,(H,24,27)(H,25,28). The van der Waals surface area contributed by atoms with Crippen LogP contribution in [0.25, 0.3) is 16.9 Å². The number of aryl methyl sites for hydroxylation is 1. The average Bonchev–Trinajstić information content (AvgIpc) is 3.23. The van der Waals surface area contributed by atoms with Crippen LogP contribution in [0.5, 0.6) is 0 Å². The summed E-state index contributed by atoms with van der Waals surface area (Å²) in [4.78, 5) is 31.7. The Morgan fingerprint density at radius 1 is 1.07 bits per heavy atom. The van der Waals surface area contributed by atoms with Gasteiger partial charge in [-0.3, -0.25) is 9.59 Å². The molecular weight excluding hydrogens is 352 g/mol. The lowest BCUT2D eigenvalue weighted by Gasteiger charge is -2.08. The summed E-state index contributed by atoms with van der Waals surface area (Å²) in [5.74, 6) is -0.451. The first kappa shape index (κ1) is 17.5. The average molecular weight is 370 g/mol. The molecule has 0 aliphatic heterocycles. The number of benzene rings is 2. The van der Waals surface area contributed by atoms with Crippen LogP contribution in [-0.2, 0) is 0 Å². The van der Waals surface area contributed by atoms with E-state index >= 15 is 0 Å². The third-order valence-electron chi connectivity index (χ3n) is 4.41. The number of aromatic nitrogens is 3. The molecule has 2 aromatic heterocycles. The summed E-state index contributed by atoms with van der Waals surface area (Å²) in [7, 11) is 0. The first-order valence-corrected chi connectivity index (χ1v) is 8.80. The van der Waals surface area contributed by atoms with Crippen LogP contribution >= 0.6 is 0 Å². The number of nitrogens with zero attached hydrogens (tertiary/aromatic N) is 2. The van der Waals surface area contributed by atoms with Gasteiger partial charge in [-0.05, 0) is 55.0 Å². The zero-order valence-corrected chi connectivity index (χ0v) is 15.2. The molecule has 6 heteroatoms. The number of rotatable bonds is 4. The molecule has 0 atom stereocenters. The van der Waals surface area contributed by atoms with Crippen LogP contribution in [0.1, 0.15) is 15.9 Å². The number of imidazole rings is 1. The van der Waals surface area contributed by atoms with Crippen LogP contribution in [0.2, 0.25) is 0 Å². The highest BCUT2D eigenvalue weighted by Gasteiger charge is 2.12. The number of carbonyl (C=O) groups excluding carboxylic acids is 1. The molecule has 28 heavy (non-hydrogen) atoms. The highest BCUT2D eigenvalue weighted by molar-refractivity contribution is 6.04. The van der Waals surface area contributed by atoms with Crippen molar-refractivity contribution in [1.82, 2.24) is 14.5 Å². The Kier molecular flexibility index (Phi) is 4.60. The minimum absolute atomic E-state index is 0.0649. The quantitative estimate of drug-likeness (QED) is 0.574. The highest BCUT2D eigenvalue weighted by atomic mass is 16.2. The van der Waals surface area contributed by atoms with Gasteiger partial charge in [0.25, 0.3) is 11.5 Å². The summed E-state index contributed by atoms with van der Waals surface area (Å²) in [6.45, 7) is 1.99. The van der Waals surface area contributed by atoms with E-state index in [0.717, 1.165) is 16.8 Å². The summed E-state index contributed by atoms with van der Waals surface area (Å²) in [6, 6.07) is 18.4. The Balaban J connectivity index is 1.53. The summed E-state index contributed by atoms with van der Waals surface area (Å²) >= 11 is 0. The Morgan fingerprint density at radius 3 is 2.57 bits per heavy atom. The largest absolute Gasteiger partial charge is 0.322 e. The van der Waals surface area contributed by atoms with Gasteiger partial charge < -0.3 is 14.9 Å². The van der Waals surface area contributed by atoms with E-state index in [-0.39, 0.29) is 5.56 Å². The minimum Gasteiger partial charge on any atom is -0.322 e. The van der Waals surface area contributed by atoms with Gasteiger partial charge in [0.05, 0.1) is 6.33 Å². The number of pyridine rings is 1. The zero-order valence-electron chi connectivity index (χ0n) is 15.2. The Hall–Kier alpha value is -3.93. The predicted octanol–water partition coefficient (Wildman–Crippen LogP) is 3.79. The van der Waals surface area contributed by atoms with Crippen LogP contribution < -0.4 is 10.9 Å². The van der Waals surface area contributed by atoms with Crippen molar-refractivity contribution in [1.29, 1.82) is 0 Å². The van der Waals surface area contributed by atoms with Gasteiger partial charge in [0.15, 0.2) is 0 Å². The number of carbonyl (C=O) groups is 1. The third-order valence-corrected chi connectivity index (χ3v) is 4.41. The molecule has 4 aromatic rings. The minimum atomic E-state index is -0.451. The first-order chi connectivity index (χ1) is 13.6. The molecule has 0 saturated carbocycles. The van der Waals surface area contributed by atoms with E-state index in [2.05, 4.69) is 15.3 Å². The molecule has 0 unspecified atom stereocenters. The second kappa shape index (κ2) is 7.36. The molecule has 2 N–H and O–H groups in total. The summed E-state index contributed by atoms with van der Waals surface area (Å²) in [5, 5.41) is 2.76. The Bertz CT molecular complexity index is 1180. The van der Waals surface area contributed by atoms with Crippen molar-refractivity contribution in [3.8, 4) is 16.9 Å². The van der Waals surface area contributed by atoms with Crippen molar-refractivity contribution in [3.05, 3.63) is 101 Å². The van der Waals surface area contributed by atoms with Crippen molar-refractivity contribution in [2.45, 2.75) is 6.92 Å². The number of H-pyrrole nitrogens is 1. The first-order valence-electron chi connectivity index (χ1n) is 8.80. The molecule has 2 heterocycles. The molecule has 0 spiro atoms. The van der Waals surface area contributed by atoms with Crippen molar-refractivity contribution >= 4 is 11.6 Å². The van der Waals surface area contributed by atoms with E-state index in [1.807, 2.05) is 54.1 Å².